The zero-order valence-corrected chi connectivity index (χ0v) is 37.5. The summed E-state index contributed by atoms with van der Waals surface area (Å²) < 4.78 is 7.34. The van der Waals surface area contributed by atoms with E-state index < -0.39 is 0 Å². The van der Waals surface area contributed by atoms with Gasteiger partial charge >= 0.3 is 11.8 Å². The van der Waals surface area contributed by atoms with Crippen LogP contribution in [-0.4, -0.2) is 9.85 Å². The molecule has 0 spiro atoms. The first-order valence-electron chi connectivity index (χ1n) is 26.3. The number of allylic oxidation sites excluding steroid dienone is 2. The van der Waals surface area contributed by atoms with Crippen molar-refractivity contribution in [2.45, 2.75) is 257 Å². The highest BCUT2D eigenvalue weighted by molar-refractivity contribution is 5.33. The number of rotatable bonds is 12. The van der Waals surface area contributed by atoms with Gasteiger partial charge < -0.3 is 4.74 Å². The van der Waals surface area contributed by atoms with E-state index in [9.17, 15) is 20.2 Å². The predicted molar refractivity (Wildman–Crippen MR) is 237 cm³/mol. The molecule has 0 amide bonds. The average Bonchev–Trinajstić information content (AvgIpc) is 3.30. The standard InChI is InChI=1S/C52H84N2O5/c55-53(56)47(45(49(33-17-5-18-34-49)41-25-9-1-10-26-41)50(35-19-6-20-36-50)42-27-11-2-12-28-42)59-48(54(57)58)46(51(37-21-7-22-38-51)43-29-13-3-14-30-43)52(39-23-8-24-40-52)44-31-15-4-16-32-44/h41-44H,1-40H2. The quantitative estimate of drug-likeness (QED) is 0.111. The smallest absolute Gasteiger partial charge is 0.340 e. The number of nitro groups is 2. The minimum atomic E-state index is -0.310. The molecule has 7 nitrogen and oxygen atoms in total. The molecule has 0 atom stereocenters. The molecule has 0 radical (unpaired) electrons. The Morgan fingerprint density at radius 3 is 0.695 bits per heavy atom. The molecule has 8 rings (SSSR count). The van der Waals surface area contributed by atoms with Crippen LogP contribution in [0.4, 0.5) is 0 Å². The summed E-state index contributed by atoms with van der Waals surface area (Å²) in [6.07, 6.45) is 45.1. The predicted octanol–water partition coefficient (Wildman–Crippen LogP) is 16.1. The topological polar surface area (TPSA) is 95.5 Å². The summed E-state index contributed by atoms with van der Waals surface area (Å²) in [6, 6.07) is 0. The molecule has 332 valence electrons. The van der Waals surface area contributed by atoms with Crippen molar-refractivity contribution < 1.29 is 14.6 Å². The third-order valence-corrected chi connectivity index (χ3v) is 19.5. The minimum absolute atomic E-state index is 0.127. The van der Waals surface area contributed by atoms with Crippen molar-refractivity contribution in [1.29, 1.82) is 0 Å². The van der Waals surface area contributed by atoms with Gasteiger partial charge in [0.1, 0.15) is 9.85 Å². The SMILES string of the molecule is O=[N+]([O-])C(OC(=C(C1(C2CCCCC2)CCCCC1)C1(C2CCCCC2)CCCCC1)[N+](=O)[O-])=C(C1(C2CCCCC2)CCCCC1)C1(C2CCCCC2)CCCCC1. The Morgan fingerprint density at radius 2 is 0.508 bits per heavy atom. The highest BCUT2D eigenvalue weighted by Gasteiger charge is 2.61. The number of hydrogen-bond acceptors (Lipinski definition) is 5. The van der Waals surface area contributed by atoms with Gasteiger partial charge in [0.15, 0.2) is 0 Å². The average molecular weight is 817 g/mol. The summed E-state index contributed by atoms with van der Waals surface area (Å²) in [5.41, 5.74) is 0.811. The highest BCUT2D eigenvalue weighted by Crippen LogP contribution is 2.67. The van der Waals surface area contributed by atoms with Crippen LogP contribution in [0, 0.1) is 65.6 Å². The van der Waals surface area contributed by atoms with E-state index in [-0.39, 0.29) is 43.3 Å². The van der Waals surface area contributed by atoms with Crippen molar-refractivity contribution in [3.63, 3.8) is 0 Å². The van der Waals surface area contributed by atoms with E-state index in [1.807, 2.05) is 0 Å². The molecule has 0 aromatic heterocycles. The molecule has 8 aliphatic carbocycles. The molecule has 0 saturated heterocycles. The Morgan fingerprint density at radius 1 is 0.322 bits per heavy atom. The van der Waals surface area contributed by atoms with Gasteiger partial charge in [-0.25, -0.2) is 0 Å². The van der Waals surface area contributed by atoms with Gasteiger partial charge in [-0.05, 0) is 126 Å². The van der Waals surface area contributed by atoms with E-state index in [1.165, 1.54) is 103 Å². The third kappa shape index (κ3) is 8.60. The first-order valence-corrected chi connectivity index (χ1v) is 26.3. The summed E-state index contributed by atoms with van der Waals surface area (Å²) in [6.45, 7) is 0. The Labute approximate surface area is 358 Å². The van der Waals surface area contributed by atoms with E-state index in [2.05, 4.69) is 0 Å². The Hall–Kier alpha value is -1.92. The molecular weight excluding hydrogens is 733 g/mol. The maximum atomic E-state index is 14.6. The van der Waals surface area contributed by atoms with Gasteiger partial charge in [0.05, 0.1) is 11.1 Å². The summed E-state index contributed by atoms with van der Waals surface area (Å²) in [5.74, 6) is 1.34. The Balaban J connectivity index is 1.43. The lowest BCUT2D eigenvalue weighted by molar-refractivity contribution is -0.511. The fourth-order valence-electron chi connectivity index (χ4n) is 17.1. The molecule has 0 heterocycles. The molecule has 8 saturated carbocycles. The van der Waals surface area contributed by atoms with Crippen LogP contribution in [0.15, 0.2) is 22.9 Å². The molecule has 8 aliphatic rings. The normalized spacial score (nSPS) is 28.5. The molecule has 0 unspecified atom stereocenters. The van der Waals surface area contributed by atoms with Gasteiger partial charge in [-0.2, -0.15) is 0 Å². The van der Waals surface area contributed by atoms with E-state index in [0.29, 0.717) is 23.7 Å². The second-order valence-corrected chi connectivity index (χ2v) is 22.2. The second kappa shape index (κ2) is 19.6. The van der Waals surface area contributed by atoms with Crippen molar-refractivity contribution in [1.82, 2.24) is 0 Å². The van der Waals surface area contributed by atoms with Crippen molar-refractivity contribution in [3.05, 3.63) is 43.1 Å². The maximum Gasteiger partial charge on any atom is 0.438 e. The van der Waals surface area contributed by atoms with Crippen molar-refractivity contribution >= 4 is 0 Å². The summed E-state index contributed by atoms with van der Waals surface area (Å²) in [7, 11) is 0. The Kier molecular flexibility index (Phi) is 14.6. The van der Waals surface area contributed by atoms with Crippen LogP contribution in [-0.2, 0) is 4.74 Å². The highest BCUT2D eigenvalue weighted by atomic mass is 16.7. The molecule has 59 heavy (non-hydrogen) atoms. The van der Waals surface area contributed by atoms with Crippen LogP contribution < -0.4 is 0 Å². The third-order valence-electron chi connectivity index (χ3n) is 19.5. The van der Waals surface area contributed by atoms with Crippen LogP contribution in [0.25, 0.3) is 0 Å². The first kappa shape index (κ1) is 43.7. The molecular formula is C52H84N2O5. The largest absolute Gasteiger partial charge is 0.438 e. The lowest BCUT2D eigenvalue weighted by atomic mass is 9.47. The van der Waals surface area contributed by atoms with Crippen LogP contribution >= 0.6 is 0 Å². The molecule has 0 N–H and O–H groups in total. The van der Waals surface area contributed by atoms with Crippen LogP contribution in [0.1, 0.15) is 257 Å². The summed E-state index contributed by atoms with van der Waals surface area (Å²) in [4.78, 5) is 28.8. The number of nitrogens with zero attached hydrogens (tertiary/aromatic N) is 2. The van der Waals surface area contributed by atoms with Crippen LogP contribution in [0.2, 0.25) is 0 Å². The van der Waals surface area contributed by atoms with E-state index >= 15 is 0 Å². The molecule has 0 aromatic carbocycles. The number of ether oxygens (including phenoxy) is 1. The van der Waals surface area contributed by atoms with Gasteiger partial charge in [-0.15, -0.1) is 0 Å². The minimum Gasteiger partial charge on any atom is -0.340 e. The summed E-state index contributed by atoms with van der Waals surface area (Å²) >= 11 is 0. The van der Waals surface area contributed by atoms with E-state index in [4.69, 9.17) is 4.74 Å². The van der Waals surface area contributed by atoms with Crippen LogP contribution in [0.5, 0.6) is 0 Å². The maximum absolute atomic E-state index is 14.6. The van der Waals surface area contributed by atoms with Crippen molar-refractivity contribution in [2.75, 3.05) is 0 Å². The molecule has 0 aliphatic heterocycles. The van der Waals surface area contributed by atoms with Crippen molar-refractivity contribution in [2.24, 2.45) is 45.3 Å². The first-order chi connectivity index (χ1) is 28.9. The van der Waals surface area contributed by atoms with Crippen LogP contribution in [0.3, 0.4) is 0 Å². The molecule has 0 aromatic rings. The van der Waals surface area contributed by atoms with E-state index in [0.717, 1.165) is 165 Å². The van der Waals surface area contributed by atoms with Gasteiger partial charge in [0.25, 0.3) is 0 Å². The second-order valence-electron chi connectivity index (χ2n) is 22.2. The van der Waals surface area contributed by atoms with Gasteiger partial charge in [-0.3, -0.25) is 20.2 Å². The zero-order valence-electron chi connectivity index (χ0n) is 37.5. The fourth-order valence-corrected chi connectivity index (χ4v) is 17.1. The van der Waals surface area contributed by atoms with E-state index in [1.54, 1.807) is 0 Å². The summed E-state index contributed by atoms with van der Waals surface area (Å²) in [5, 5.41) is 29.1. The zero-order chi connectivity index (χ0) is 40.8. The van der Waals surface area contributed by atoms with Crippen molar-refractivity contribution in [3.8, 4) is 0 Å². The molecule has 8 fully saturated rings. The Bertz CT molecular complexity index is 1270. The number of hydrogen-bond donors (Lipinski definition) is 0. The molecule has 0 bridgehead atoms. The molecule has 7 heteroatoms. The fraction of sp³-hybridized carbons (Fsp3) is 0.923. The van der Waals surface area contributed by atoms with Gasteiger partial charge in [-0.1, -0.05) is 154 Å². The van der Waals surface area contributed by atoms with Gasteiger partial charge in [0.2, 0.25) is 0 Å². The van der Waals surface area contributed by atoms with Gasteiger partial charge in [0, 0.05) is 21.7 Å². The monoisotopic (exact) mass is 817 g/mol. The lowest BCUT2D eigenvalue weighted by Crippen LogP contribution is -2.49. The lowest BCUT2D eigenvalue weighted by Gasteiger charge is -2.56.